The first-order chi connectivity index (χ1) is 9.80. The normalized spacial score (nSPS) is 63.0. The second-order valence-electron chi connectivity index (χ2n) is 7.57. The summed E-state index contributed by atoms with van der Waals surface area (Å²) in [5.74, 6) is -0.501. The van der Waals surface area contributed by atoms with E-state index in [9.17, 15) is 10.2 Å². The van der Waals surface area contributed by atoms with Crippen molar-refractivity contribution in [3.63, 3.8) is 0 Å². The number of aliphatic hydroxyl groups excluding tert-OH is 1. The van der Waals surface area contributed by atoms with Crippen LogP contribution in [0.25, 0.3) is 0 Å². The molecule has 1 saturated carbocycles. The Morgan fingerprint density at radius 2 is 1.86 bits per heavy atom. The molecule has 2 N–H and O–H groups in total. The molecule has 5 fully saturated rings. The van der Waals surface area contributed by atoms with E-state index in [2.05, 4.69) is 6.92 Å². The van der Waals surface area contributed by atoms with Gasteiger partial charge < -0.3 is 19.7 Å². The van der Waals surface area contributed by atoms with Crippen molar-refractivity contribution >= 4 is 0 Å². The van der Waals surface area contributed by atoms with Crippen molar-refractivity contribution in [2.75, 3.05) is 0 Å². The fraction of sp³-hybridized carbons (Fsp3) is 1.00. The van der Waals surface area contributed by atoms with Gasteiger partial charge in [0.15, 0.2) is 18.2 Å². The molecule has 6 heteroatoms. The summed E-state index contributed by atoms with van der Waals surface area (Å²) in [6.07, 6.45) is 1.39. The SMILES string of the molecule is C[C@@H]1CCC2[C@]34OO[C@@](C)(CCC13)O[C@H]4O[C@@H](O)[C@@]2(C)O. The summed E-state index contributed by atoms with van der Waals surface area (Å²) in [5.41, 5.74) is -2.21. The largest absolute Gasteiger partial charge is 0.384 e. The van der Waals surface area contributed by atoms with Gasteiger partial charge in [-0.15, -0.1) is 0 Å². The van der Waals surface area contributed by atoms with Crippen molar-refractivity contribution in [2.45, 2.75) is 76.0 Å². The first-order valence-electron chi connectivity index (χ1n) is 7.90. The summed E-state index contributed by atoms with van der Waals surface area (Å²) < 4.78 is 11.6. The maximum Gasteiger partial charge on any atom is 0.201 e. The number of hydrogen-bond acceptors (Lipinski definition) is 6. The molecule has 5 rings (SSSR count). The molecule has 6 nitrogen and oxygen atoms in total. The van der Waals surface area contributed by atoms with Crippen LogP contribution in [0.1, 0.15) is 46.5 Å². The van der Waals surface area contributed by atoms with Crippen molar-refractivity contribution in [3.8, 4) is 0 Å². The number of rotatable bonds is 0. The molecule has 2 unspecified atom stereocenters. The Labute approximate surface area is 124 Å². The molecule has 120 valence electrons. The van der Waals surface area contributed by atoms with Crippen molar-refractivity contribution < 1.29 is 29.5 Å². The Balaban J connectivity index is 1.85. The topological polar surface area (TPSA) is 77.4 Å². The maximum atomic E-state index is 10.8. The van der Waals surface area contributed by atoms with E-state index in [1.54, 1.807) is 6.92 Å². The molecule has 0 aromatic rings. The average Bonchev–Trinajstić information content (AvgIpc) is 2.63. The average molecular weight is 300 g/mol. The van der Waals surface area contributed by atoms with E-state index in [-0.39, 0.29) is 11.8 Å². The molecule has 5 aliphatic rings. The molecule has 0 amide bonds. The van der Waals surface area contributed by atoms with Crippen LogP contribution in [-0.2, 0) is 19.2 Å². The summed E-state index contributed by atoms with van der Waals surface area (Å²) in [4.78, 5) is 11.5. The van der Waals surface area contributed by atoms with Crippen molar-refractivity contribution in [2.24, 2.45) is 17.8 Å². The van der Waals surface area contributed by atoms with E-state index in [4.69, 9.17) is 19.2 Å². The summed E-state index contributed by atoms with van der Waals surface area (Å²) in [5, 5.41) is 21.0. The fourth-order valence-electron chi connectivity index (χ4n) is 4.89. The molecule has 1 aliphatic carbocycles. The number of fused-ring (bicyclic) bond motifs is 2. The van der Waals surface area contributed by atoms with Crippen LogP contribution in [-0.4, -0.2) is 39.8 Å². The van der Waals surface area contributed by atoms with Crippen LogP contribution in [0.15, 0.2) is 0 Å². The third-order valence-electron chi connectivity index (χ3n) is 6.18. The van der Waals surface area contributed by atoms with E-state index < -0.39 is 29.6 Å². The molecule has 0 aromatic carbocycles. The van der Waals surface area contributed by atoms with Crippen molar-refractivity contribution in [1.29, 1.82) is 0 Å². The van der Waals surface area contributed by atoms with E-state index in [0.717, 1.165) is 19.3 Å². The van der Waals surface area contributed by atoms with E-state index in [1.165, 1.54) is 0 Å². The molecule has 4 aliphatic heterocycles. The molecule has 2 bridgehead atoms. The van der Waals surface area contributed by atoms with Gasteiger partial charge in [0, 0.05) is 12.3 Å². The van der Waals surface area contributed by atoms with E-state index >= 15 is 0 Å². The smallest absolute Gasteiger partial charge is 0.201 e. The molecule has 4 saturated heterocycles. The van der Waals surface area contributed by atoms with E-state index in [0.29, 0.717) is 12.3 Å². The first-order valence-corrected chi connectivity index (χ1v) is 7.90. The van der Waals surface area contributed by atoms with Gasteiger partial charge in [-0.2, -0.15) is 0 Å². The Hall–Kier alpha value is -0.240. The van der Waals surface area contributed by atoms with Crippen LogP contribution >= 0.6 is 0 Å². The molecule has 21 heavy (non-hydrogen) atoms. The Kier molecular flexibility index (Phi) is 2.86. The van der Waals surface area contributed by atoms with Crippen LogP contribution in [0, 0.1) is 17.8 Å². The minimum absolute atomic E-state index is 0.185. The van der Waals surface area contributed by atoms with E-state index in [1.807, 2.05) is 6.92 Å². The molecule has 0 aromatic heterocycles. The quantitative estimate of drug-likeness (QED) is 0.657. The zero-order valence-corrected chi connectivity index (χ0v) is 12.7. The lowest BCUT2D eigenvalue weighted by Crippen LogP contribution is -2.75. The third kappa shape index (κ3) is 1.69. The van der Waals surface area contributed by atoms with Crippen LogP contribution < -0.4 is 0 Å². The maximum absolute atomic E-state index is 10.8. The second-order valence-corrected chi connectivity index (χ2v) is 7.57. The van der Waals surface area contributed by atoms with Gasteiger partial charge in [-0.3, -0.25) is 0 Å². The molecule has 8 atom stereocenters. The zero-order chi connectivity index (χ0) is 15.0. The van der Waals surface area contributed by atoms with Gasteiger partial charge >= 0.3 is 0 Å². The zero-order valence-electron chi connectivity index (χ0n) is 12.7. The van der Waals surface area contributed by atoms with Gasteiger partial charge in [0.1, 0.15) is 5.60 Å². The lowest BCUT2D eigenvalue weighted by atomic mass is 9.57. The lowest BCUT2D eigenvalue weighted by Gasteiger charge is -2.61. The van der Waals surface area contributed by atoms with Gasteiger partial charge in [-0.25, -0.2) is 9.78 Å². The predicted molar refractivity (Wildman–Crippen MR) is 70.5 cm³/mol. The van der Waals surface area contributed by atoms with Gasteiger partial charge in [-0.05, 0) is 44.9 Å². The Bertz CT molecular complexity index is 453. The van der Waals surface area contributed by atoms with Crippen molar-refractivity contribution in [1.82, 2.24) is 0 Å². The number of hydrogen-bond donors (Lipinski definition) is 2. The third-order valence-corrected chi connectivity index (χ3v) is 6.18. The van der Waals surface area contributed by atoms with Crippen LogP contribution in [0.2, 0.25) is 0 Å². The second kappa shape index (κ2) is 4.19. The molecular formula is C15H24O6. The molecular weight excluding hydrogens is 276 g/mol. The minimum Gasteiger partial charge on any atom is -0.384 e. The lowest BCUT2D eigenvalue weighted by molar-refractivity contribution is -0.583. The number of aliphatic hydroxyl groups is 2. The molecule has 0 radical (unpaired) electrons. The summed E-state index contributed by atoms with van der Waals surface area (Å²) in [6, 6.07) is 0. The highest BCUT2D eigenvalue weighted by atomic mass is 17.3. The van der Waals surface area contributed by atoms with Crippen LogP contribution in [0.4, 0.5) is 0 Å². The summed E-state index contributed by atoms with van der Waals surface area (Å²) >= 11 is 0. The highest BCUT2D eigenvalue weighted by molar-refractivity contribution is 5.13. The van der Waals surface area contributed by atoms with Crippen LogP contribution in [0.3, 0.4) is 0 Å². The predicted octanol–water partition coefficient (Wildman–Crippen LogP) is 1.30. The monoisotopic (exact) mass is 300 g/mol. The Morgan fingerprint density at radius 1 is 1.10 bits per heavy atom. The Morgan fingerprint density at radius 3 is 2.62 bits per heavy atom. The summed E-state index contributed by atoms with van der Waals surface area (Å²) in [6.45, 7) is 5.65. The van der Waals surface area contributed by atoms with Gasteiger partial charge in [0.05, 0.1) is 0 Å². The van der Waals surface area contributed by atoms with Gasteiger partial charge in [0.2, 0.25) is 5.79 Å². The first kappa shape index (κ1) is 14.4. The minimum atomic E-state index is -1.38. The van der Waals surface area contributed by atoms with Gasteiger partial charge in [-0.1, -0.05) is 6.92 Å². The summed E-state index contributed by atoms with van der Waals surface area (Å²) in [7, 11) is 0. The molecule has 4 heterocycles. The van der Waals surface area contributed by atoms with Crippen molar-refractivity contribution in [3.05, 3.63) is 0 Å². The molecule has 1 spiro atoms. The standard InChI is InChI=1S/C15H24O6/c1-8-4-5-10-14(3,17)11(16)18-12-15(10)9(8)6-7-13(2,19-12)20-21-15/h8-12,16-17H,4-7H2,1-3H3/t8-,9?,10?,11-,12-,13+,14+,15-/m1/s1. The van der Waals surface area contributed by atoms with Gasteiger partial charge in [0.25, 0.3) is 0 Å². The number of ether oxygens (including phenoxy) is 2. The fourth-order valence-corrected chi connectivity index (χ4v) is 4.89. The van der Waals surface area contributed by atoms with Crippen LogP contribution in [0.5, 0.6) is 0 Å². The highest BCUT2D eigenvalue weighted by Gasteiger charge is 2.72. The highest BCUT2D eigenvalue weighted by Crippen LogP contribution is 2.61.